The average molecular weight is 256 g/mol. The highest BCUT2D eigenvalue weighted by atomic mass is 16.4. The van der Waals surface area contributed by atoms with Crippen LogP contribution in [0.4, 0.5) is 0 Å². The van der Waals surface area contributed by atoms with Crippen molar-refractivity contribution >= 4 is 5.97 Å². The Morgan fingerprint density at radius 2 is 0.944 bits per heavy atom. The van der Waals surface area contributed by atoms with Crippen LogP contribution in [-0.2, 0) is 4.79 Å². The first-order valence-electron chi connectivity index (χ1n) is 7.99. The first kappa shape index (κ1) is 17.5. The Morgan fingerprint density at radius 1 is 0.722 bits per heavy atom. The molecule has 0 unspecified atom stereocenters. The minimum absolute atomic E-state index is 0.292. The van der Waals surface area contributed by atoms with Crippen LogP contribution in [0.1, 0.15) is 96.8 Å². The molecule has 0 aromatic heterocycles. The predicted molar refractivity (Wildman–Crippen MR) is 77.9 cm³/mol. The second kappa shape index (κ2) is 14.5. The van der Waals surface area contributed by atoms with Crippen molar-refractivity contribution in [1.82, 2.24) is 0 Å². The van der Waals surface area contributed by atoms with Crippen molar-refractivity contribution in [2.75, 3.05) is 0 Å². The molecule has 0 bridgehead atoms. The normalized spacial score (nSPS) is 18.7. The second-order valence-corrected chi connectivity index (χ2v) is 5.39. The van der Waals surface area contributed by atoms with Crippen molar-refractivity contribution in [1.29, 1.82) is 0 Å². The molecule has 0 aromatic carbocycles. The number of hydrogen-bond acceptors (Lipinski definition) is 1. The van der Waals surface area contributed by atoms with Crippen LogP contribution in [0.15, 0.2) is 0 Å². The van der Waals surface area contributed by atoms with Gasteiger partial charge in [0.25, 0.3) is 0 Å². The molecule has 0 aliphatic heterocycles. The highest BCUT2D eigenvalue weighted by Gasteiger charge is 1.96. The third kappa shape index (κ3) is 15.5. The van der Waals surface area contributed by atoms with Crippen LogP contribution in [0.3, 0.4) is 0 Å². The molecule has 18 heavy (non-hydrogen) atoms. The zero-order valence-electron chi connectivity index (χ0n) is 12.3. The SMILES string of the molecule is C1CCCCC1.C1CCCCC1.CCCC(=O)O. The molecule has 2 nitrogen and oxygen atoms in total. The molecule has 2 aliphatic rings. The summed E-state index contributed by atoms with van der Waals surface area (Å²) in [5.41, 5.74) is 0. The fraction of sp³-hybridized carbons (Fsp3) is 0.938. The van der Waals surface area contributed by atoms with Gasteiger partial charge >= 0.3 is 5.97 Å². The maximum atomic E-state index is 9.60. The molecule has 2 rings (SSSR count). The van der Waals surface area contributed by atoms with Gasteiger partial charge in [-0.3, -0.25) is 4.79 Å². The molecular weight excluding hydrogens is 224 g/mol. The Morgan fingerprint density at radius 3 is 1.00 bits per heavy atom. The summed E-state index contributed by atoms with van der Waals surface area (Å²) in [6.45, 7) is 1.84. The summed E-state index contributed by atoms with van der Waals surface area (Å²) in [5.74, 6) is -0.711. The molecule has 2 fully saturated rings. The molecule has 1 N–H and O–H groups in total. The van der Waals surface area contributed by atoms with Gasteiger partial charge in [-0.05, 0) is 6.42 Å². The fourth-order valence-electron chi connectivity index (χ4n) is 2.34. The van der Waals surface area contributed by atoms with E-state index in [0.29, 0.717) is 6.42 Å². The van der Waals surface area contributed by atoms with Gasteiger partial charge in [0.2, 0.25) is 0 Å². The summed E-state index contributed by atoms with van der Waals surface area (Å²) in [6.07, 6.45) is 19.0. The Labute approximate surface area is 113 Å². The monoisotopic (exact) mass is 256 g/mol. The number of aliphatic carboxylic acids is 1. The van der Waals surface area contributed by atoms with E-state index < -0.39 is 5.97 Å². The minimum Gasteiger partial charge on any atom is -0.481 e. The van der Waals surface area contributed by atoms with Crippen LogP contribution < -0.4 is 0 Å². The van der Waals surface area contributed by atoms with E-state index in [-0.39, 0.29) is 0 Å². The van der Waals surface area contributed by atoms with Crippen molar-refractivity contribution in [3.05, 3.63) is 0 Å². The Bertz CT molecular complexity index is 135. The van der Waals surface area contributed by atoms with E-state index in [2.05, 4.69) is 0 Å². The van der Waals surface area contributed by atoms with Gasteiger partial charge in [0.05, 0.1) is 0 Å². The molecule has 0 spiro atoms. The third-order valence-electron chi connectivity index (χ3n) is 3.46. The van der Waals surface area contributed by atoms with Crippen LogP contribution in [0.5, 0.6) is 0 Å². The van der Waals surface area contributed by atoms with Gasteiger partial charge in [-0.25, -0.2) is 0 Å². The van der Waals surface area contributed by atoms with Gasteiger partial charge in [0.1, 0.15) is 0 Å². The van der Waals surface area contributed by atoms with Gasteiger partial charge < -0.3 is 5.11 Å². The molecule has 0 amide bonds. The lowest BCUT2D eigenvalue weighted by Crippen LogP contribution is -1.90. The van der Waals surface area contributed by atoms with Crippen LogP contribution >= 0.6 is 0 Å². The lowest BCUT2D eigenvalue weighted by molar-refractivity contribution is -0.137. The van der Waals surface area contributed by atoms with Crippen LogP contribution in [0.25, 0.3) is 0 Å². The largest absolute Gasteiger partial charge is 0.481 e. The molecule has 0 saturated heterocycles. The fourth-order valence-corrected chi connectivity index (χ4v) is 2.34. The number of carboxylic acid groups (broad SMARTS) is 1. The summed E-state index contributed by atoms with van der Waals surface area (Å²) in [7, 11) is 0. The zero-order valence-corrected chi connectivity index (χ0v) is 12.3. The zero-order chi connectivity index (χ0) is 13.5. The summed E-state index contributed by atoms with van der Waals surface area (Å²) >= 11 is 0. The minimum atomic E-state index is -0.711. The summed E-state index contributed by atoms with van der Waals surface area (Å²) in [6, 6.07) is 0. The first-order valence-corrected chi connectivity index (χ1v) is 7.99. The first-order chi connectivity index (χ1) is 8.77. The molecule has 2 heteroatoms. The quantitative estimate of drug-likeness (QED) is 0.703. The maximum Gasteiger partial charge on any atom is 0.303 e. The maximum absolute atomic E-state index is 9.60. The molecule has 0 atom stereocenters. The van der Waals surface area contributed by atoms with Crippen molar-refractivity contribution in [3.8, 4) is 0 Å². The van der Waals surface area contributed by atoms with E-state index in [0.717, 1.165) is 6.42 Å². The van der Waals surface area contributed by atoms with Crippen LogP contribution in [0.2, 0.25) is 0 Å². The van der Waals surface area contributed by atoms with Crippen LogP contribution in [0, 0.1) is 0 Å². The van der Waals surface area contributed by atoms with Gasteiger partial charge in [-0.2, -0.15) is 0 Å². The predicted octanol–water partition coefficient (Wildman–Crippen LogP) is 5.55. The van der Waals surface area contributed by atoms with Gasteiger partial charge in [0, 0.05) is 6.42 Å². The molecule has 2 saturated carbocycles. The highest BCUT2D eigenvalue weighted by molar-refractivity contribution is 5.66. The van der Waals surface area contributed by atoms with Crippen molar-refractivity contribution < 1.29 is 9.90 Å². The van der Waals surface area contributed by atoms with E-state index in [4.69, 9.17) is 5.11 Å². The molecular formula is C16H32O2. The standard InChI is InChI=1S/2C6H12.C4H8O2/c2*1-2-4-6-5-3-1;1-2-3-4(5)6/h2*1-6H2;2-3H2,1H3,(H,5,6). The van der Waals surface area contributed by atoms with Crippen molar-refractivity contribution in [2.24, 2.45) is 0 Å². The number of hydrogen-bond donors (Lipinski definition) is 1. The van der Waals surface area contributed by atoms with E-state index in [1.54, 1.807) is 0 Å². The summed E-state index contributed by atoms with van der Waals surface area (Å²) in [4.78, 5) is 9.60. The third-order valence-corrected chi connectivity index (χ3v) is 3.46. The summed E-state index contributed by atoms with van der Waals surface area (Å²) < 4.78 is 0. The molecule has 0 radical (unpaired) electrons. The van der Waals surface area contributed by atoms with E-state index >= 15 is 0 Å². The van der Waals surface area contributed by atoms with E-state index in [9.17, 15) is 4.79 Å². The molecule has 108 valence electrons. The average Bonchev–Trinajstić information content (AvgIpc) is 2.44. The van der Waals surface area contributed by atoms with Gasteiger partial charge in [0.15, 0.2) is 0 Å². The van der Waals surface area contributed by atoms with Gasteiger partial charge in [-0.15, -0.1) is 0 Å². The van der Waals surface area contributed by atoms with E-state index in [1.807, 2.05) is 6.92 Å². The number of rotatable bonds is 2. The van der Waals surface area contributed by atoms with Crippen molar-refractivity contribution in [3.63, 3.8) is 0 Å². The molecule has 0 aromatic rings. The topological polar surface area (TPSA) is 37.3 Å². The van der Waals surface area contributed by atoms with E-state index in [1.165, 1.54) is 77.0 Å². The second-order valence-electron chi connectivity index (χ2n) is 5.39. The molecule has 2 aliphatic carbocycles. The lowest BCUT2D eigenvalue weighted by Gasteiger charge is -2.05. The lowest BCUT2D eigenvalue weighted by atomic mass is 10.0. The number of carboxylic acids is 1. The Kier molecular flexibility index (Phi) is 14.1. The van der Waals surface area contributed by atoms with Crippen LogP contribution in [-0.4, -0.2) is 11.1 Å². The number of carbonyl (C=O) groups is 1. The van der Waals surface area contributed by atoms with Crippen molar-refractivity contribution in [2.45, 2.75) is 96.8 Å². The summed E-state index contributed by atoms with van der Waals surface area (Å²) in [5, 5.41) is 7.91. The Balaban J connectivity index is 0.000000241. The Hall–Kier alpha value is -0.530. The smallest absolute Gasteiger partial charge is 0.303 e. The highest BCUT2D eigenvalue weighted by Crippen LogP contribution is 2.15. The molecule has 0 heterocycles. The van der Waals surface area contributed by atoms with Gasteiger partial charge in [-0.1, -0.05) is 84.0 Å².